The lowest BCUT2D eigenvalue weighted by Gasteiger charge is -2.32. The molecule has 6 heteroatoms. The topological polar surface area (TPSA) is 78.9 Å². The molecule has 0 saturated carbocycles. The quantitative estimate of drug-likeness (QED) is 0.808. The van der Waals surface area contributed by atoms with Crippen LogP contribution in [0.1, 0.15) is 12.5 Å². The fraction of sp³-hybridized carbons (Fsp3) is 0.385. The van der Waals surface area contributed by atoms with E-state index in [1.165, 1.54) is 11.9 Å². The molecular weight excluding hydrogens is 248 g/mol. The van der Waals surface area contributed by atoms with Crippen LogP contribution in [-0.2, 0) is 16.2 Å². The van der Waals surface area contributed by atoms with E-state index in [2.05, 4.69) is 5.32 Å². The van der Waals surface area contributed by atoms with Crippen LogP contribution >= 0.6 is 0 Å². The highest BCUT2D eigenvalue weighted by Crippen LogP contribution is 2.34. The summed E-state index contributed by atoms with van der Waals surface area (Å²) in [5.74, 6) is 0.00203. The number of likely N-dealkylation sites (N-methyl/N-ethyl adjacent to an activating group) is 1. The Morgan fingerprint density at radius 3 is 2.89 bits per heavy atom. The number of rotatable bonds is 3. The van der Waals surface area contributed by atoms with E-state index in [1.54, 1.807) is 25.1 Å². The van der Waals surface area contributed by atoms with Gasteiger partial charge in [-0.3, -0.25) is 14.5 Å². The van der Waals surface area contributed by atoms with Crippen LogP contribution in [0, 0.1) is 0 Å². The minimum absolute atomic E-state index is 0.0646. The lowest BCUT2D eigenvalue weighted by atomic mass is 10.1. The van der Waals surface area contributed by atoms with Crippen molar-refractivity contribution in [2.45, 2.75) is 19.6 Å². The molecule has 1 unspecified atom stereocenters. The van der Waals surface area contributed by atoms with Crippen LogP contribution in [0.4, 0.5) is 5.69 Å². The van der Waals surface area contributed by atoms with E-state index in [1.807, 2.05) is 0 Å². The molecule has 0 saturated heterocycles. The van der Waals surface area contributed by atoms with Crippen LogP contribution in [0.15, 0.2) is 18.2 Å². The van der Waals surface area contributed by atoms with Gasteiger partial charge in [0.1, 0.15) is 12.3 Å². The number of aliphatic hydroxyl groups excluding tert-OH is 1. The molecule has 1 heterocycles. The second kappa shape index (κ2) is 5.27. The molecule has 2 N–H and O–H groups in total. The van der Waals surface area contributed by atoms with Gasteiger partial charge in [0, 0.05) is 7.05 Å². The van der Waals surface area contributed by atoms with E-state index in [0.717, 1.165) is 0 Å². The highest BCUT2D eigenvalue weighted by molar-refractivity contribution is 6.03. The zero-order valence-corrected chi connectivity index (χ0v) is 10.8. The number of carbonyl (C=O) groups excluding carboxylic acids is 2. The van der Waals surface area contributed by atoms with Gasteiger partial charge in [-0.05, 0) is 24.6 Å². The Morgan fingerprint density at radius 2 is 2.26 bits per heavy atom. The van der Waals surface area contributed by atoms with E-state index in [-0.39, 0.29) is 25.0 Å². The Kier molecular flexibility index (Phi) is 3.71. The first-order valence-electron chi connectivity index (χ1n) is 5.99. The van der Waals surface area contributed by atoms with Crippen molar-refractivity contribution in [1.82, 2.24) is 5.32 Å². The van der Waals surface area contributed by atoms with Gasteiger partial charge in [0.25, 0.3) is 5.91 Å². The second-order valence-corrected chi connectivity index (χ2v) is 4.32. The molecule has 6 nitrogen and oxygen atoms in total. The first-order valence-corrected chi connectivity index (χ1v) is 5.99. The van der Waals surface area contributed by atoms with Crippen molar-refractivity contribution in [3.63, 3.8) is 0 Å². The predicted molar refractivity (Wildman–Crippen MR) is 68.9 cm³/mol. The number of benzene rings is 1. The van der Waals surface area contributed by atoms with Gasteiger partial charge >= 0.3 is 0 Å². The average molecular weight is 264 g/mol. The maximum Gasteiger partial charge on any atom is 0.268 e. The number of fused-ring (bicyclic) bond motifs is 1. The summed E-state index contributed by atoms with van der Waals surface area (Å²) in [6.45, 7) is 1.44. The third-order valence-electron chi connectivity index (χ3n) is 2.99. The Balaban J connectivity index is 2.41. The molecule has 1 aromatic carbocycles. The summed E-state index contributed by atoms with van der Waals surface area (Å²) in [7, 11) is 1.52. The number of ether oxygens (including phenoxy) is 1. The first kappa shape index (κ1) is 13.4. The zero-order valence-electron chi connectivity index (χ0n) is 10.8. The smallest absolute Gasteiger partial charge is 0.268 e. The molecule has 19 heavy (non-hydrogen) atoms. The summed E-state index contributed by atoms with van der Waals surface area (Å²) in [6, 6.07) is 5.07. The van der Waals surface area contributed by atoms with Crippen molar-refractivity contribution >= 4 is 17.5 Å². The van der Waals surface area contributed by atoms with Crippen LogP contribution < -0.4 is 15.0 Å². The van der Waals surface area contributed by atoms with Crippen LogP contribution in [0.3, 0.4) is 0 Å². The third-order valence-corrected chi connectivity index (χ3v) is 2.99. The number of hydrogen-bond acceptors (Lipinski definition) is 4. The molecule has 1 aromatic rings. The minimum atomic E-state index is -0.628. The van der Waals surface area contributed by atoms with Crippen molar-refractivity contribution in [2.75, 3.05) is 18.5 Å². The van der Waals surface area contributed by atoms with Crippen molar-refractivity contribution in [1.29, 1.82) is 0 Å². The van der Waals surface area contributed by atoms with E-state index in [4.69, 9.17) is 9.84 Å². The zero-order chi connectivity index (χ0) is 14.0. The van der Waals surface area contributed by atoms with E-state index < -0.39 is 6.10 Å². The van der Waals surface area contributed by atoms with Crippen LogP contribution in [0.5, 0.6) is 5.75 Å². The van der Waals surface area contributed by atoms with E-state index >= 15 is 0 Å². The summed E-state index contributed by atoms with van der Waals surface area (Å²) in [4.78, 5) is 25.0. The molecule has 1 aliphatic rings. The number of hydrogen-bond donors (Lipinski definition) is 2. The lowest BCUT2D eigenvalue weighted by molar-refractivity contribution is -0.128. The minimum Gasteiger partial charge on any atom is -0.479 e. The molecule has 2 rings (SSSR count). The van der Waals surface area contributed by atoms with Crippen molar-refractivity contribution < 1.29 is 19.4 Å². The molecule has 102 valence electrons. The van der Waals surface area contributed by atoms with Gasteiger partial charge < -0.3 is 15.2 Å². The monoisotopic (exact) mass is 264 g/mol. The van der Waals surface area contributed by atoms with Crippen LogP contribution in [-0.4, -0.2) is 36.6 Å². The van der Waals surface area contributed by atoms with E-state index in [9.17, 15) is 9.59 Å². The fourth-order valence-corrected chi connectivity index (χ4v) is 1.94. The molecule has 0 bridgehead atoms. The largest absolute Gasteiger partial charge is 0.479 e. The Labute approximate surface area is 111 Å². The van der Waals surface area contributed by atoms with Gasteiger partial charge in [0.05, 0.1) is 12.3 Å². The molecule has 0 radical (unpaired) electrons. The maximum atomic E-state index is 12.1. The second-order valence-electron chi connectivity index (χ2n) is 4.32. The normalized spacial score (nSPS) is 17.7. The molecular formula is C13H16N2O4. The highest BCUT2D eigenvalue weighted by Gasteiger charge is 2.32. The molecule has 2 amide bonds. The summed E-state index contributed by atoms with van der Waals surface area (Å²) in [5.41, 5.74) is 1.17. The molecule has 0 spiro atoms. The van der Waals surface area contributed by atoms with Gasteiger partial charge in [-0.2, -0.15) is 0 Å². The molecule has 0 fully saturated rings. The first-order chi connectivity index (χ1) is 9.06. The summed E-state index contributed by atoms with van der Waals surface area (Å²) in [5, 5.41) is 11.6. The number of nitrogens with one attached hydrogen (secondary N) is 1. The highest BCUT2D eigenvalue weighted by atomic mass is 16.5. The number of amides is 2. The van der Waals surface area contributed by atoms with Crippen molar-refractivity contribution in [2.24, 2.45) is 0 Å². The number of nitrogens with zero attached hydrogens (tertiary/aromatic N) is 1. The molecule has 0 aliphatic carbocycles. The molecule has 0 aromatic heterocycles. The average Bonchev–Trinajstić information content (AvgIpc) is 2.43. The van der Waals surface area contributed by atoms with Gasteiger partial charge in [0.2, 0.25) is 5.91 Å². The van der Waals surface area contributed by atoms with Gasteiger partial charge in [-0.1, -0.05) is 6.07 Å². The van der Waals surface area contributed by atoms with Gasteiger partial charge in [-0.25, -0.2) is 0 Å². The van der Waals surface area contributed by atoms with Crippen LogP contribution in [0.2, 0.25) is 0 Å². The SMILES string of the molecule is CNC(=O)CN1C(=O)C(C)Oc2ccc(CO)cc21. The van der Waals surface area contributed by atoms with E-state index in [0.29, 0.717) is 17.0 Å². The Bertz CT molecular complexity index is 515. The number of carbonyl (C=O) groups is 2. The number of anilines is 1. The molecule has 1 atom stereocenters. The van der Waals surface area contributed by atoms with Crippen molar-refractivity contribution in [3.05, 3.63) is 23.8 Å². The summed E-state index contributed by atoms with van der Waals surface area (Å²) < 4.78 is 5.48. The van der Waals surface area contributed by atoms with Crippen LogP contribution in [0.25, 0.3) is 0 Å². The summed E-state index contributed by atoms with van der Waals surface area (Å²) in [6.07, 6.45) is -0.628. The lowest BCUT2D eigenvalue weighted by Crippen LogP contribution is -2.48. The fourth-order valence-electron chi connectivity index (χ4n) is 1.94. The number of aliphatic hydroxyl groups is 1. The maximum absolute atomic E-state index is 12.1. The Hall–Kier alpha value is -2.08. The standard InChI is InChI=1S/C13H16N2O4/c1-8-13(18)15(6-12(17)14-2)10-5-9(7-16)3-4-11(10)19-8/h3-5,8,16H,6-7H2,1-2H3,(H,14,17). The van der Waals surface area contributed by atoms with Crippen molar-refractivity contribution in [3.8, 4) is 5.75 Å². The predicted octanol–water partition coefficient (Wildman–Crippen LogP) is 0.0388. The summed E-state index contributed by atoms with van der Waals surface area (Å²) >= 11 is 0. The molecule has 1 aliphatic heterocycles. The third kappa shape index (κ3) is 2.53. The Morgan fingerprint density at radius 1 is 1.53 bits per heavy atom. The van der Waals surface area contributed by atoms with Gasteiger partial charge in [0.15, 0.2) is 6.10 Å². The van der Waals surface area contributed by atoms with Gasteiger partial charge in [-0.15, -0.1) is 0 Å².